The third-order valence-corrected chi connectivity index (χ3v) is 2.56. The van der Waals surface area contributed by atoms with Gasteiger partial charge in [0.1, 0.15) is 0 Å². The Kier molecular flexibility index (Phi) is 4.34. The molecular weight excluding hydrogens is 210 g/mol. The van der Waals surface area contributed by atoms with Crippen molar-refractivity contribution in [3.05, 3.63) is 35.4 Å². The van der Waals surface area contributed by atoms with E-state index in [1.807, 2.05) is 13.8 Å². The van der Waals surface area contributed by atoms with Crippen molar-refractivity contribution in [3.63, 3.8) is 0 Å². The topological polar surface area (TPSA) is 35.2 Å². The van der Waals surface area contributed by atoms with Crippen LogP contribution in [-0.4, -0.2) is 12.1 Å². The third kappa shape index (κ3) is 5.33. The Bertz CT molecular complexity index is 341. The van der Waals surface area contributed by atoms with Crippen LogP contribution >= 0.6 is 0 Å². The van der Waals surface area contributed by atoms with E-state index in [9.17, 15) is 0 Å². The summed E-state index contributed by atoms with van der Waals surface area (Å²) < 4.78 is 5.58. The van der Waals surface area contributed by atoms with E-state index in [1.165, 1.54) is 11.1 Å². The summed E-state index contributed by atoms with van der Waals surface area (Å²) in [6, 6.07) is 8.60. The molecule has 96 valence electrons. The van der Waals surface area contributed by atoms with Crippen LogP contribution in [0.3, 0.4) is 0 Å². The van der Waals surface area contributed by atoms with Gasteiger partial charge >= 0.3 is 0 Å². The van der Waals surface area contributed by atoms with Gasteiger partial charge in [-0.3, -0.25) is 0 Å². The predicted molar refractivity (Wildman–Crippen MR) is 73.1 cm³/mol. The average Bonchev–Trinajstić information content (AvgIpc) is 2.15. The normalized spacial score (nSPS) is 12.8. The van der Waals surface area contributed by atoms with Gasteiger partial charge in [0.25, 0.3) is 0 Å². The maximum atomic E-state index is 5.86. The molecule has 1 rings (SSSR count). The molecule has 0 spiro atoms. The van der Waals surface area contributed by atoms with Crippen LogP contribution in [0.5, 0.6) is 0 Å². The molecule has 0 saturated carbocycles. The number of hydrogen-bond donors (Lipinski definition) is 1. The predicted octanol–water partition coefficient (Wildman–Crippen LogP) is 3.24. The summed E-state index contributed by atoms with van der Waals surface area (Å²) in [5.41, 5.74) is 8.35. The van der Waals surface area contributed by atoms with E-state index in [-0.39, 0.29) is 11.0 Å². The quantitative estimate of drug-likeness (QED) is 0.869. The minimum atomic E-state index is -0.259. The number of hydrogen-bond acceptors (Lipinski definition) is 2. The molecule has 2 heteroatoms. The van der Waals surface area contributed by atoms with Gasteiger partial charge in [0.05, 0.1) is 13.2 Å². The molecule has 0 amide bonds. The van der Waals surface area contributed by atoms with E-state index >= 15 is 0 Å². The Hall–Kier alpha value is -0.860. The lowest BCUT2D eigenvalue weighted by Gasteiger charge is -2.20. The SMILES string of the molecule is CC(C)(N)COCc1ccc(C(C)(C)C)cc1. The van der Waals surface area contributed by atoms with E-state index < -0.39 is 0 Å². The lowest BCUT2D eigenvalue weighted by atomic mass is 9.87. The molecular formula is C15H25NO. The Morgan fingerprint density at radius 1 is 1.00 bits per heavy atom. The van der Waals surface area contributed by atoms with Gasteiger partial charge in [0, 0.05) is 5.54 Å². The molecule has 0 aliphatic rings. The molecule has 2 N–H and O–H groups in total. The van der Waals surface area contributed by atoms with E-state index in [4.69, 9.17) is 10.5 Å². The van der Waals surface area contributed by atoms with Gasteiger partial charge in [-0.15, -0.1) is 0 Å². The van der Waals surface area contributed by atoms with Crippen molar-refractivity contribution in [1.29, 1.82) is 0 Å². The van der Waals surface area contributed by atoms with Crippen molar-refractivity contribution >= 4 is 0 Å². The van der Waals surface area contributed by atoms with Gasteiger partial charge in [-0.05, 0) is 30.4 Å². The van der Waals surface area contributed by atoms with Crippen molar-refractivity contribution in [1.82, 2.24) is 0 Å². The highest BCUT2D eigenvalue weighted by Gasteiger charge is 2.13. The first-order valence-electron chi connectivity index (χ1n) is 6.14. The fourth-order valence-electron chi connectivity index (χ4n) is 1.53. The summed E-state index contributed by atoms with van der Waals surface area (Å²) in [7, 11) is 0. The molecule has 0 bridgehead atoms. The van der Waals surface area contributed by atoms with E-state index in [2.05, 4.69) is 45.0 Å². The Morgan fingerprint density at radius 3 is 1.94 bits per heavy atom. The highest BCUT2D eigenvalue weighted by Crippen LogP contribution is 2.22. The largest absolute Gasteiger partial charge is 0.375 e. The van der Waals surface area contributed by atoms with Crippen molar-refractivity contribution in [2.45, 2.75) is 52.2 Å². The summed E-state index contributed by atoms with van der Waals surface area (Å²) in [5, 5.41) is 0. The lowest BCUT2D eigenvalue weighted by Crippen LogP contribution is -2.37. The zero-order chi connectivity index (χ0) is 13.1. The van der Waals surface area contributed by atoms with Crippen LogP contribution in [0.4, 0.5) is 0 Å². The standard InChI is InChI=1S/C15H25NO/c1-14(2,3)13-8-6-12(7-9-13)10-17-11-15(4,5)16/h6-9H,10-11,16H2,1-5H3. The van der Waals surface area contributed by atoms with Crippen LogP contribution in [0.15, 0.2) is 24.3 Å². The fraction of sp³-hybridized carbons (Fsp3) is 0.600. The Balaban J connectivity index is 2.52. The van der Waals surface area contributed by atoms with Crippen LogP contribution < -0.4 is 5.73 Å². The molecule has 0 radical (unpaired) electrons. The molecule has 0 unspecified atom stereocenters. The maximum absolute atomic E-state index is 5.86. The third-order valence-electron chi connectivity index (χ3n) is 2.56. The van der Waals surface area contributed by atoms with Crippen LogP contribution in [0, 0.1) is 0 Å². The molecule has 0 atom stereocenters. The summed E-state index contributed by atoms with van der Waals surface area (Å²) in [6.07, 6.45) is 0. The number of nitrogens with two attached hydrogens (primary N) is 1. The molecule has 17 heavy (non-hydrogen) atoms. The molecule has 0 aliphatic heterocycles. The second-order valence-corrected chi connectivity index (χ2v) is 6.43. The van der Waals surface area contributed by atoms with E-state index in [1.54, 1.807) is 0 Å². The van der Waals surface area contributed by atoms with Gasteiger partial charge in [-0.2, -0.15) is 0 Å². The van der Waals surface area contributed by atoms with Gasteiger partial charge < -0.3 is 10.5 Å². The molecule has 2 nitrogen and oxygen atoms in total. The average molecular weight is 235 g/mol. The minimum Gasteiger partial charge on any atom is -0.375 e. The monoisotopic (exact) mass is 235 g/mol. The summed E-state index contributed by atoms with van der Waals surface area (Å²) in [5.74, 6) is 0. The van der Waals surface area contributed by atoms with E-state index in [0.29, 0.717) is 13.2 Å². The summed E-state index contributed by atoms with van der Waals surface area (Å²) in [4.78, 5) is 0. The summed E-state index contributed by atoms with van der Waals surface area (Å²) >= 11 is 0. The zero-order valence-electron chi connectivity index (χ0n) is 11.7. The molecule has 0 saturated heterocycles. The molecule has 0 heterocycles. The van der Waals surface area contributed by atoms with Crippen molar-refractivity contribution in [2.75, 3.05) is 6.61 Å². The first-order chi connectivity index (χ1) is 7.68. The van der Waals surface area contributed by atoms with Crippen molar-refractivity contribution in [2.24, 2.45) is 5.73 Å². The van der Waals surface area contributed by atoms with E-state index in [0.717, 1.165) is 0 Å². The van der Waals surface area contributed by atoms with Crippen LogP contribution in [0.25, 0.3) is 0 Å². The van der Waals surface area contributed by atoms with Gasteiger partial charge in [-0.25, -0.2) is 0 Å². The fourth-order valence-corrected chi connectivity index (χ4v) is 1.53. The van der Waals surface area contributed by atoms with Crippen molar-refractivity contribution in [3.8, 4) is 0 Å². The second kappa shape index (κ2) is 5.19. The smallest absolute Gasteiger partial charge is 0.0717 e. The molecule has 1 aromatic rings. The first kappa shape index (κ1) is 14.2. The van der Waals surface area contributed by atoms with Crippen molar-refractivity contribution < 1.29 is 4.74 Å². The maximum Gasteiger partial charge on any atom is 0.0717 e. The van der Waals surface area contributed by atoms with Gasteiger partial charge in [0.2, 0.25) is 0 Å². The summed E-state index contributed by atoms with van der Waals surface area (Å²) in [6.45, 7) is 11.8. The Labute approximate surface area is 105 Å². The Morgan fingerprint density at radius 2 is 1.53 bits per heavy atom. The molecule has 0 aliphatic carbocycles. The van der Waals surface area contributed by atoms with Crippen LogP contribution in [0.1, 0.15) is 45.7 Å². The molecule has 0 fully saturated rings. The van der Waals surface area contributed by atoms with Gasteiger partial charge in [-0.1, -0.05) is 45.0 Å². The van der Waals surface area contributed by atoms with Crippen LogP contribution in [0.2, 0.25) is 0 Å². The van der Waals surface area contributed by atoms with Gasteiger partial charge in [0.15, 0.2) is 0 Å². The highest BCUT2D eigenvalue weighted by molar-refractivity contribution is 5.27. The number of rotatable bonds is 4. The molecule has 1 aromatic carbocycles. The lowest BCUT2D eigenvalue weighted by molar-refractivity contribution is 0.0851. The highest BCUT2D eigenvalue weighted by atomic mass is 16.5. The number of benzene rings is 1. The molecule has 0 aromatic heterocycles. The first-order valence-corrected chi connectivity index (χ1v) is 6.14. The van der Waals surface area contributed by atoms with Crippen LogP contribution in [-0.2, 0) is 16.8 Å². The minimum absolute atomic E-state index is 0.207. The zero-order valence-corrected chi connectivity index (χ0v) is 11.7. The number of ether oxygens (including phenoxy) is 1. The second-order valence-electron chi connectivity index (χ2n) is 6.43.